The topological polar surface area (TPSA) is 103 Å². The second kappa shape index (κ2) is 11.0. The van der Waals surface area contributed by atoms with Crippen LogP contribution in [0, 0.1) is 0 Å². The van der Waals surface area contributed by atoms with Gasteiger partial charge in [0.2, 0.25) is 0 Å². The number of methoxy groups -OCH3 is 1. The van der Waals surface area contributed by atoms with Gasteiger partial charge in [0.05, 0.1) is 28.7 Å². The minimum Gasteiger partial charge on any atom is -0.493 e. The first-order valence-electron chi connectivity index (χ1n) is 10.3. The average Bonchev–Trinajstić information content (AvgIpc) is 2.81. The lowest BCUT2D eigenvalue weighted by Gasteiger charge is -2.17. The SMILES string of the molecule is CC[C@@H](C)c1nc2ccc(Br)cc2c(=O)n1N=Cc1cc(OC)c(O[C@H](C)C(=O)O)c(Br)c1Br. The van der Waals surface area contributed by atoms with Gasteiger partial charge in [0, 0.05) is 20.4 Å². The van der Waals surface area contributed by atoms with Crippen LogP contribution in [-0.4, -0.2) is 40.2 Å². The maximum Gasteiger partial charge on any atom is 0.344 e. The Morgan fingerprint density at radius 1 is 1.24 bits per heavy atom. The highest BCUT2D eigenvalue weighted by molar-refractivity contribution is 9.13. The first-order chi connectivity index (χ1) is 16.1. The lowest BCUT2D eigenvalue weighted by molar-refractivity contribution is -0.144. The fourth-order valence-electron chi connectivity index (χ4n) is 3.09. The number of nitrogens with zero attached hydrogens (tertiary/aromatic N) is 3. The number of aliphatic carboxylic acids is 1. The Bertz CT molecular complexity index is 1340. The van der Waals surface area contributed by atoms with Gasteiger partial charge in [-0.3, -0.25) is 4.79 Å². The second-order valence-electron chi connectivity index (χ2n) is 7.53. The Morgan fingerprint density at radius 3 is 2.56 bits per heavy atom. The molecule has 0 saturated heterocycles. The summed E-state index contributed by atoms with van der Waals surface area (Å²) in [5, 5.41) is 14.1. The fraction of sp³-hybridized carbons (Fsp3) is 0.304. The van der Waals surface area contributed by atoms with Crippen molar-refractivity contribution in [1.82, 2.24) is 9.66 Å². The van der Waals surface area contributed by atoms with Crippen LogP contribution >= 0.6 is 47.8 Å². The van der Waals surface area contributed by atoms with Crippen LogP contribution in [0.2, 0.25) is 0 Å². The Kier molecular flexibility index (Phi) is 8.53. The molecule has 0 saturated carbocycles. The highest BCUT2D eigenvalue weighted by atomic mass is 79.9. The standard InChI is InChI=1S/C23H22Br3N3O5/c1-5-11(2)21-28-16-7-6-14(24)9-15(16)22(30)29(21)27-10-13-8-17(33-4)20(19(26)18(13)25)34-12(3)23(31)32/h6-12H,5H2,1-4H3,(H,31,32)/t11-,12-/m1/s1. The number of fused-ring (bicyclic) bond motifs is 1. The van der Waals surface area contributed by atoms with E-state index in [1.165, 1.54) is 24.9 Å². The van der Waals surface area contributed by atoms with Gasteiger partial charge in [-0.15, -0.1) is 0 Å². The van der Waals surface area contributed by atoms with E-state index in [0.29, 0.717) is 37.0 Å². The quantitative estimate of drug-likeness (QED) is 0.300. The number of hydrogen-bond donors (Lipinski definition) is 1. The van der Waals surface area contributed by atoms with Gasteiger partial charge in [-0.1, -0.05) is 29.8 Å². The van der Waals surface area contributed by atoms with Gasteiger partial charge < -0.3 is 14.6 Å². The molecular weight excluding hydrogens is 638 g/mol. The van der Waals surface area contributed by atoms with Crippen molar-refractivity contribution in [3.63, 3.8) is 0 Å². The Hall–Kier alpha value is -2.24. The third-order valence-corrected chi connectivity index (χ3v) is 7.85. The first kappa shape index (κ1) is 26.4. The van der Waals surface area contributed by atoms with Gasteiger partial charge in [-0.25, -0.2) is 9.78 Å². The number of hydrogen-bond acceptors (Lipinski definition) is 6. The van der Waals surface area contributed by atoms with Crippen molar-refractivity contribution in [2.24, 2.45) is 5.10 Å². The molecule has 2 atom stereocenters. The predicted molar refractivity (Wildman–Crippen MR) is 142 cm³/mol. The zero-order valence-electron chi connectivity index (χ0n) is 18.8. The molecule has 0 aliphatic rings. The lowest BCUT2D eigenvalue weighted by Crippen LogP contribution is -2.24. The molecule has 0 radical (unpaired) electrons. The maximum atomic E-state index is 13.3. The van der Waals surface area contributed by atoms with Crippen molar-refractivity contribution >= 4 is 70.9 Å². The third kappa shape index (κ3) is 5.36. The van der Waals surface area contributed by atoms with Crippen molar-refractivity contribution in [1.29, 1.82) is 0 Å². The first-order valence-corrected chi connectivity index (χ1v) is 12.7. The molecule has 0 fully saturated rings. The van der Waals surface area contributed by atoms with Gasteiger partial charge >= 0.3 is 5.97 Å². The van der Waals surface area contributed by atoms with Crippen LogP contribution < -0.4 is 15.0 Å². The van der Waals surface area contributed by atoms with Crippen molar-refractivity contribution in [2.45, 2.75) is 39.2 Å². The molecule has 0 bridgehead atoms. The van der Waals surface area contributed by atoms with Crippen LogP contribution in [-0.2, 0) is 4.79 Å². The van der Waals surface area contributed by atoms with Crippen LogP contribution in [0.4, 0.5) is 0 Å². The molecule has 0 amide bonds. The van der Waals surface area contributed by atoms with Crippen molar-refractivity contribution in [3.8, 4) is 11.5 Å². The van der Waals surface area contributed by atoms with E-state index >= 15 is 0 Å². The van der Waals surface area contributed by atoms with Crippen LogP contribution in [0.25, 0.3) is 10.9 Å². The van der Waals surface area contributed by atoms with Crippen molar-refractivity contribution in [3.05, 3.63) is 59.4 Å². The maximum absolute atomic E-state index is 13.3. The molecule has 0 unspecified atom stereocenters. The van der Waals surface area contributed by atoms with Crippen molar-refractivity contribution < 1.29 is 19.4 Å². The van der Waals surface area contributed by atoms with E-state index in [-0.39, 0.29) is 17.2 Å². The molecule has 3 rings (SSSR count). The van der Waals surface area contributed by atoms with Crippen LogP contribution in [0.15, 0.2) is 47.6 Å². The minimum atomic E-state index is -1.11. The summed E-state index contributed by atoms with van der Waals surface area (Å²) in [4.78, 5) is 29.3. The average molecular weight is 660 g/mol. The van der Waals surface area contributed by atoms with Crippen LogP contribution in [0.5, 0.6) is 11.5 Å². The summed E-state index contributed by atoms with van der Waals surface area (Å²) < 4.78 is 14.1. The molecule has 1 N–H and O–H groups in total. The van der Waals surface area contributed by atoms with E-state index in [1.54, 1.807) is 18.2 Å². The third-order valence-electron chi connectivity index (χ3n) is 5.22. The van der Waals surface area contributed by atoms with E-state index in [4.69, 9.17) is 14.5 Å². The number of carboxylic acids is 1. The molecular formula is C23H22Br3N3O5. The van der Waals surface area contributed by atoms with Gasteiger partial charge in [0.1, 0.15) is 5.82 Å². The lowest BCUT2D eigenvalue weighted by atomic mass is 10.1. The van der Waals surface area contributed by atoms with Crippen LogP contribution in [0.1, 0.15) is 44.5 Å². The monoisotopic (exact) mass is 657 g/mol. The van der Waals surface area contributed by atoms with Gasteiger partial charge in [-0.05, 0) is 69.5 Å². The zero-order valence-corrected chi connectivity index (χ0v) is 23.6. The second-order valence-corrected chi connectivity index (χ2v) is 10.0. The number of aromatic nitrogens is 2. The molecule has 1 heterocycles. The molecule has 2 aromatic carbocycles. The van der Waals surface area contributed by atoms with E-state index in [0.717, 1.165) is 10.9 Å². The van der Waals surface area contributed by atoms with E-state index in [9.17, 15) is 14.7 Å². The highest BCUT2D eigenvalue weighted by Gasteiger charge is 2.22. The van der Waals surface area contributed by atoms with E-state index < -0.39 is 12.1 Å². The summed E-state index contributed by atoms with van der Waals surface area (Å²) in [5.74, 6) is -0.0224. The Morgan fingerprint density at radius 2 is 1.94 bits per heavy atom. The summed E-state index contributed by atoms with van der Waals surface area (Å²) in [6, 6.07) is 7.01. The van der Waals surface area contributed by atoms with E-state index in [2.05, 4.69) is 52.9 Å². The van der Waals surface area contributed by atoms with Gasteiger partial charge in [0.15, 0.2) is 17.6 Å². The largest absolute Gasteiger partial charge is 0.493 e. The van der Waals surface area contributed by atoms with Crippen LogP contribution in [0.3, 0.4) is 0 Å². The molecule has 1 aromatic heterocycles. The highest BCUT2D eigenvalue weighted by Crippen LogP contribution is 2.42. The number of carbonyl (C=O) groups is 1. The van der Waals surface area contributed by atoms with Gasteiger partial charge in [-0.2, -0.15) is 9.78 Å². The predicted octanol–water partition coefficient (Wildman–Crippen LogP) is 5.94. The normalized spacial score (nSPS) is 13.3. The zero-order chi connectivity index (χ0) is 25.2. The number of halogens is 3. The number of benzene rings is 2. The summed E-state index contributed by atoms with van der Waals surface area (Å²) in [6.45, 7) is 5.43. The fourth-order valence-corrected chi connectivity index (χ4v) is 4.36. The molecule has 3 aromatic rings. The summed E-state index contributed by atoms with van der Waals surface area (Å²) >= 11 is 10.3. The van der Waals surface area contributed by atoms with Crippen molar-refractivity contribution in [2.75, 3.05) is 7.11 Å². The Balaban J connectivity index is 2.16. The smallest absolute Gasteiger partial charge is 0.344 e. The number of ether oxygens (including phenoxy) is 2. The Labute approximate surface area is 221 Å². The molecule has 0 spiro atoms. The molecule has 0 aliphatic carbocycles. The molecule has 180 valence electrons. The number of rotatable bonds is 8. The minimum absolute atomic E-state index is 0.00380. The number of carboxylic acid groups (broad SMARTS) is 1. The van der Waals surface area contributed by atoms with Gasteiger partial charge in [0.25, 0.3) is 5.56 Å². The summed E-state index contributed by atoms with van der Waals surface area (Å²) in [6.07, 6.45) is 1.21. The summed E-state index contributed by atoms with van der Waals surface area (Å²) in [7, 11) is 1.45. The summed E-state index contributed by atoms with van der Waals surface area (Å²) in [5.41, 5.74) is 0.903. The van der Waals surface area contributed by atoms with E-state index in [1.807, 2.05) is 19.9 Å². The molecule has 8 nitrogen and oxygen atoms in total. The molecule has 11 heteroatoms. The molecule has 34 heavy (non-hydrogen) atoms. The molecule has 0 aliphatic heterocycles.